The maximum Gasteiger partial charge on any atom is 0.130 e. The van der Waals surface area contributed by atoms with Crippen LogP contribution in [0.1, 0.15) is 39.2 Å². The van der Waals surface area contributed by atoms with E-state index >= 15 is 0 Å². The van der Waals surface area contributed by atoms with Gasteiger partial charge in [0.2, 0.25) is 0 Å². The lowest BCUT2D eigenvalue weighted by Gasteiger charge is -2.20. The molecule has 0 aliphatic carbocycles. The van der Waals surface area contributed by atoms with Crippen molar-refractivity contribution in [2.24, 2.45) is 0 Å². The second-order valence-corrected chi connectivity index (χ2v) is 6.26. The number of benzene rings is 2. The first kappa shape index (κ1) is 18.1. The Labute approximate surface area is 143 Å². The molecule has 0 amide bonds. The van der Waals surface area contributed by atoms with Crippen LogP contribution in [0, 0.1) is 5.82 Å². The Balaban J connectivity index is 2.69. The van der Waals surface area contributed by atoms with Gasteiger partial charge < -0.3 is 14.2 Å². The van der Waals surface area contributed by atoms with Gasteiger partial charge in [0, 0.05) is 23.3 Å². The van der Waals surface area contributed by atoms with Gasteiger partial charge in [-0.15, -0.1) is 0 Å². The van der Waals surface area contributed by atoms with E-state index in [9.17, 15) is 4.39 Å². The van der Waals surface area contributed by atoms with Gasteiger partial charge in [0.05, 0.1) is 20.3 Å². The summed E-state index contributed by atoms with van der Waals surface area (Å²) in [6, 6.07) is 8.46. The molecule has 0 saturated carbocycles. The number of ether oxygens (including phenoxy) is 3. The van der Waals surface area contributed by atoms with E-state index in [1.807, 2.05) is 26.0 Å². The first-order valence-corrected chi connectivity index (χ1v) is 8.09. The average Bonchev–Trinajstić information content (AvgIpc) is 2.53. The zero-order valence-corrected chi connectivity index (χ0v) is 15.1. The number of rotatable bonds is 6. The molecule has 0 aliphatic heterocycles. The molecule has 0 N–H and O–H groups in total. The summed E-state index contributed by atoms with van der Waals surface area (Å²) in [5.41, 5.74) is 2.72. The lowest BCUT2D eigenvalue weighted by atomic mass is 9.95. The minimum absolute atomic E-state index is 0.0561. The standard InChI is InChI=1S/C20H25FO3/c1-12(2)16-10-17(19(23-6)11-18(16)22-5)15-8-7-14(21)9-20(15)24-13(3)4/h7-13H,1-6H3. The monoisotopic (exact) mass is 332 g/mol. The third-order valence-corrected chi connectivity index (χ3v) is 3.77. The summed E-state index contributed by atoms with van der Waals surface area (Å²) in [5.74, 6) is 1.89. The fraction of sp³-hybridized carbons (Fsp3) is 0.400. The first-order valence-electron chi connectivity index (χ1n) is 8.09. The third kappa shape index (κ3) is 3.81. The van der Waals surface area contributed by atoms with Crippen LogP contribution in [-0.4, -0.2) is 20.3 Å². The van der Waals surface area contributed by atoms with Gasteiger partial charge in [-0.25, -0.2) is 4.39 Å². The molecule has 0 unspecified atom stereocenters. The van der Waals surface area contributed by atoms with Crippen molar-refractivity contribution in [3.63, 3.8) is 0 Å². The Hall–Kier alpha value is -2.23. The second-order valence-electron chi connectivity index (χ2n) is 6.26. The van der Waals surface area contributed by atoms with E-state index < -0.39 is 0 Å². The van der Waals surface area contributed by atoms with E-state index in [1.165, 1.54) is 12.1 Å². The molecule has 2 aromatic rings. The predicted octanol–water partition coefficient (Wildman–Crippen LogP) is 5.42. The summed E-state index contributed by atoms with van der Waals surface area (Å²) in [6.45, 7) is 8.04. The maximum absolute atomic E-state index is 13.7. The Morgan fingerprint density at radius 2 is 1.46 bits per heavy atom. The molecular weight excluding hydrogens is 307 g/mol. The molecule has 0 aliphatic rings. The van der Waals surface area contributed by atoms with E-state index in [1.54, 1.807) is 20.3 Å². The fourth-order valence-corrected chi connectivity index (χ4v) is 2.66. The van der Waals surface area contributed by atoms with Crippen molar-refractivity contribution < 1.29 is 18.6 Å². The van der Waals surface area contributed by atoms with Crippen LogP contribution in [0.25, 0.3) is 11.1 Å². The van der Waals surface area contributed by atoms with E-state index in [4.69, 9.17) is 14.2 Å². The molecule has 0 bridgehead atoms. The van der Waals surface area contributed by atoms with Crippen molar-refractivity contribution in [1.29, 1.82) is 0 Å². The van der Waals surface area contributed by atoms with Crippen molar-refractivity contribution >= 4 is 0 Å². The van der Waals surface area contributed by atoms with Gasteiger partial charge in [0.15, 0.2) is 0 Å². The summed E-state index contributed by atoms with van der Waals surface area (Å²) in [7, 11) is 3.26. The lowest BCUT2D eigenvalue weighted by molar-refractivity contribution is 0.242. The number of hydrogen-bond donors (Lipinski definition) is 0. The molecule has 0 saturated heterocycles. The molecule has 0 atom stereocenters. The smallest absolute Gasteiger partial charge is 0.130 e. The average molecular weight is 332 g/mol. The Kier molecular flexibility index (Phi) is 5.71. The number of halogens is 1. The summed E-state index contributed by atoms with van der Waals surface area (Å²) < 4.78 is 30.5. The van der Waals surface area contributed by atoms with Crippen LogP contribution in [0.2, 0.25) is 0 Å². The van der Waals surface area contributed by atoms with Gasteiger partial charge in [0.25, 0.3) is 0 Å². The largest absolute Gasteiger partial charge is 0.496 e. The summed E-state index contributed by atoms with van der Waals surface area (Å²) in [5, 5.41) is 0. The Morgan fingerprint density at radius 3 is 2.00 bits per heavy atom. The Morgan fingerprint density at radius 1 is 0.792 bits per heavy atom. The highest BCUT2D eigenvalue weighted by Crippen LogP contribution is 2.42. The highest BCUT2D eigenvalue weighted by molar-refractivity contribution is 5.78. The lowest BCUT2D eigenvalue weighted by Crippen LogP contribution is -2.07. The van der Waals surface area contributed by atoms with Crippen LogP contribution in [0.5, 0.6) is 17.2 Å². The van der Waals surface area contributed by atoms with Gasteiger partial charge in [-0.2, -0.15) is 0 Å². The third-order valence-electron chi connectivity index (χ3n) is 3.77. The van der Waals surface area contributed by atoms with Crippen molar-refractivity contribution in [3.8, 4) is 28.4 Å². The number of hydrogen-bond acceptors (Lipinski definition) is 3. The van der Waals surface area contributed by atoms with E-state index in [2.05, 4.69) is 13.8 Å². The molecule has 130 valence electrons. The van der Waals surface area contributed by atoms with Crippen molar-refractivity contribution in [2.75, 3.05) is 14.2 Å². The maximum atomic E-state index is 13.7. The summed E-state index contributed by atoms with van der Waals surface area (Å²) >= 11 is 0. The van der Waals surface area contributed by atoms with Crippen LogP contribution in [0.3, 0.4) is 0 Å². The van der Waals surface area contributed by atoms with Gasteiger partial charge in [-0.1, -0.05) is 13.8 Å². The van der Waals surface area contributed by atoms with E-state index in [0.717, 1.165) is 22.4 Å². The van der Waals surface area contributed by atoms with Gasteiger partial charge >= 0.3 is 0 Å². The van der Waals surface area contributed by atoms with Gasteiger partial charge in [-0.05, 0) is 43.5 Å². The molecule has 0 radical (unpaired) electrons. The first-order chi connectivity index (χ1) is 11.4. The van der Waals surface area contributed by atoms with E-state index in [-0.39, 0.29) is 17.8 Å². The fourth-order valence-electron chi connectivity index (χ4n) is 2.66. The molecule has 0 spiro atoms. The summed E-state index contributed by atoms with van der Waals surface area (Å²) in [6.07, 6.45) is -0.0561. The zero-order valence-electron chi connectivity index (χ0n) is 15.1. The molecule has 0 fully saturated rings. The quantitative estimate of drug-likeness (QED) is 0.707. The molecule has 0 aromatic heterocycles. The van der Waals surface area contributed by atoms with Crippen LogP contribution < -0.4 is 14.2 Å². The molecule has 3 nitrogen and oxygen atoms in total. The van der Waals surface area contributed by atoms with Crippen LogP contribution >= 0.6 is 0 Å². The van der Waals surface area contributed by atoms with E-state index in [0.29, 0.717) is 11.5 Å². The molecule has 24 heavy (non-hydrogen) atoms. The molecule has 2 aromatic carbocycles. The SMILES string of the molecule is COc1cc(OC)c(C(C)C)cc1-c1ccc(F)cc1OC(C)C. The van der Waals surface area contributed by atoms with Crippen LogP contribution in [0.4, 0.5) is 4.39 Å². The van der Waals surface area contributed by atoms with Crippen LogP contribution in [0.15, 0.2) is 30.3 Å². The molecule has 4 heteroatoms. The van der Waals surface area contributed by atoms with Crippen molar-refractivity contribution in [1.82, 2.24) is 0 Å². The van der Waals surface area contributed by atoms with Crippen LogP contribution in [-0.2, 0) is 0 Å². The second kappa shape index (κ2) is 7.56. The van der Waals surface area contributed by atoms with Gasteiger partial charge in [-0.3, -0.25) is 0 Å². The highest BCUT2D eigenvalue weighted by atomic mass is 19.1. The highest BCUT2D eigenvalue weighted by Gasteiger charge is 2.18. The number of methoxy groups -OCH3 is 2. The zero-order chi connectivity index (χ0) is 17.9. The molecule has 0 heterocycles. The van der Waals surface area contributed by atoms with Crippen molar-refractivity contribution in [2.45, 2.75) is 39.7 Å². The van der Waals surface area contributed by atoms with Crippen molar-refractivity contribution in [3.05, 3.63) is 41.7 Å². The normalized spacial score (nSPS) is 11.0. The minimum Gasteiger partial charge on any atom is -0.496 e. The van der Waals surface area contributed by atoms with Gasteiger partial charge in [0.1, 0.15) is 23.1 Å². The molecular formula is C20H25FO3. The summed E-state index contributed by atoms with van der Waals surface area (Å²) in [4.78, 5) is 0. The Bertz CT molecular complexity index is 708. The molecule has 2 rings (SSSR count). The minimum atomic E-state index is -0.328. The topological polar surface area (TPSA) is 27.7 Å². The predicted molar refractivity (Wildman–Crippen MR) is 94.8 cm³/mol.